The Balaban J connectivity index is 2.19. The molecule has 0 aliphatic heterocycles. The number of hydrogen-bond donors (Lipinski definition) is 3. The molecular formula is C10H13N3O5S. The molecule has 1 aromatic rings. The minimum absolute atomic E-state index is 0.208. The summed E-state index contributed by atoms with van der Waals surface area (Å²) in [6.45, 7) is 0.972. The first-order valence-corrected chi connectivity index (χ1v) is 6.13. The molecule has 0 bridgehead atoms. The molecule has 0 spiro atoms. The van der Waals surface area contributed by atoms with Crippen LogP contribution < -0.4 is 10.6 Å². The summed E-state index contributed by atoms with van der Waals surface area (Å²) in [5, 5.41) is 15.4. The van der Waals surface area contributed by atoms with Gasteiger partial charge in [-0.3, -0.25) is 10.1 Å². The van der Waals surface area contributed by atoms with E-state index >= 15 is 0 Å². The molecule has 0 saturated heterocycles. The smallest absolute Gasteiger partial charge is 0.329 e. The number of carboxylic acids is 1. The molecule has 0 unspecified atom stereocenters. The van der Waals surface area contributed by atoms with Gasteiger partial charge in [0.15, 0.2) is 0 Å². The van der Waals surface area contributed by atoms with Gasteiger partial charge in [-0.15, -0.1) is 11.3 Å². The molecule has 0 saturated carbocycles. The van der Waals surface area contributed by atoms with Gasteiger partial charge in [0.2, 0.25) is 0 Å². The number of ether oxygens (including phenoxy) is 1. The Hall–Kier alpha value is -2.00. The van der Waals surface area contributed by atoms with Crippen molar-refractivity contribution in [1.82, 2.24) is 15.6 Å². The Bertz CT molecular complexity index is 473. The van der Waals surface area contributed by atoms with E-state index in [-0.39, 0.29) is 6.54 Å². The van der Waals surface area contributed by atoms with Crippen LogP contribution in [-0.2, 0) is 20.9 Å². The summed E-state index contributed by atoms with van der Waals surface area (Å²) in [6, 6.07) is -0.686. The first-order chi connectivity index (χ1) is 8.97. The van der Waals surface area contributed by atoms with Gasteiger partial charge in [-0.2, -0.15) is 0 Å². The monoisotopic (exact) mass is 287 g/mol. The zero-order chi connectivity index (χ0) is 14.3. The number of thiazole rings is 1. The Kier molecular flexibility index (Phi) is 5.90. The van der Waals surface area contributed by atoms with Crippen LogP contribution in [0.1, 0.15) is 10.7 Å². The molecule has 0 aromatic carbocycles. The van der Waals surface area contributed by atoms with Gasteiger partial charge < -0.3 is 15.2 Å². The van der Waals surface area contributed by atoms with Crippen LogP contribution in [0.25, 0.3) is 0 Å². The zero-order valence-corrected chi connectivity index (χ0v) is 11.0. The van der Waals surface area contributed by atoms with Gasteiger partial charge >= 0.3 is 12.0 Å². The number of aliphatic carboxylic acids is 1. The number of nitrogens with zero attached hydrogens (tertiary/aromatic N) is 1. The van der Waals surface area contributed by atoms with Crippen molar-refractivity contribution in [3.8, 4) is 0 Å². The summed E-state index contributed by atoms with van der Waals surface area (Å²) >= 11 is 1.46. The van der Waals surface area contributed by atoms with E-state index in [1.54, 1.807) is 5.38 Å². The summed E-state index contributed by atoms with van der Waals surface area (Å²) in [4.78, 5) is 36.7. The maximum absolute atomic E-state index is 11.3. The average molecular weight is 287 g/mol. The lowest BCUT2D eigenvalue weighted by molar-refractivity contribution is -0.143. The van der Waals surface area contributed by atoms with Crippen LogP contribution >= 0.6 is 11.3 Å². The summed E-state index contributed by atoms with van der Waals surface area (Å²) in [5.41, 5.74) is 0.701. The number of aryl methyl sites for hydroxylation is 1. The predicted octanol–water partition coefficient (Wildman–Crippen LogP) is -0.121. The molecule has 8 nitrogen and oxygen atoms in total. The third-order valence-electron chi connectivity index (χ3n) is 1.81. The molecule has 0 radical (unpaired) electrons. The number of carbonyl (C=O) groups is 3. The van der Waals surface area contributed by atoms with Crippen molar-refractivity contribution in [2.45, 2.75) is 13.5 Å². The number of carbonyl (C=O) groups excluding carboxylic acids is 2. The van der Waals surface area contributed by atoms with Crippen molar-refractivity contribution >= 4 is 29.2 Å². The molecule has 9 heteroatoms. The quantitative estimate of drug-likeness (QED) is 0.671. The van der Waals surface area contributed by atoms with Crippen molar-refractivity contribution in [1.29, 1.82) is 0 Å². The fraction of sp³-hybridized carbons (Fsp3) is 0.400. The molecule has 1 heterocycles. The summed E-state index contributed by atoms with van der Waals surface area (Å²) in [5.74, 6) is -1.90. The number of imide groups is 1. The molecule has 0 aliphatic carbocycles. The predicted molar refractivity (Wildman–Crippen MR) is 65.7 cm³/mol. The third-order valence-corrected chi connectivity index (χ3v) is 2.63. The van der Waals surface area contributed by atoms with Crippen molar-refractivity contribution in [3.05, 3.63) is 16.1 Å². The lowest BCUT2D eigenvalue weighted by Crippen LogP contribution is -2.41. The highest BCUT2D eigenvalue weighted by Crippen LogP contribution is 2.06. The molecule has 19 heavy (non-hydrogen) atoms. The van der Waals surface area contributed by atoms with Crippen molar-refractivity contribution in [2.24, 2.45) is 0 Å². The SMILES string of the molecule is Cc1nc(CNC(=O)NC(=O)COCC(=O)O)cs1. The summed E-state index contributed by atoms with van der Waals surface area (Å²) < 4.78 is 4.52. The summed E-state index contributed by atoms with van der Waals surface area (Å²) in [6.07, 6.45) is 0. The van der Waals surface area contributed by atoms with Gasteiger partial charge in [0.25, 0.3) is 5.91 Å². The largest absolute Gasteiger partial charge is 0.480 e. The fourth-order valence-corrected chi connectivity index (χ4v) is 1.71. The minimum atomic E-state index is -1.18. The highest BCUT2D eigenvalue weighted by atomic mass is 32.1. The van der Waals surface area contributed by atoms with E-state index in [0.717, 1.165) is 5.01 Å². The van der Waals surface area contributed by atoms with Crippen LogP contribution in [0.5, 0.6) is 0 Å². The highest BCUT2D eigenvalue weighted by Gasteiger charge is 2.09. The molecule has 0 fully saturated rings. The van der Waals surface area contributed by atoms with Gasteiger partial charge in [-0.1, -0.05) is 0 Å². The number of urea groups is 1. The standard InChI is InChI=1S/C10H13N3O5S/c1-6-12-7(5-19-6)2-11-10(17)13-8(14)3-18-4-9(15)16/h5H,2-4H2,1H3,(H,15,16)(H2,11,13,14,17). The van der Waals surface area contributed by atoms with Gasteiger partial charge in [0, 0.05) is 5.38 Å². The average Bonchev–Trinajstić information content (AvgIpc) is 2.72. The molecule has 1 rings (SSSR count). The van der Waals surface area contributed by atoms with E-state index < -0.39 is 31.1 Å². The second-order valence-electron chi connectivity index (χ2n) is 3.48. The first-order valence-electron chi connectivity index (χ1n) is 5.25. The second kappa shape index (κ2) is 7.44. The Morgan fingerprint density at radius 2 is 2.16 bits per heavy atom. The number of nitrogens with one attached hydrogen (secondary N) is 2. The van der Waals surface area contributed by atoms with E-state index in [4.69, 9.17) is 5.11 Å². The topological polar surface area (TPSA) is 118 Å². The van der Waals surface area contributed by atoms with Crippen molar-refractivity contribution < 1.29 is 24.2 Å². The second-order valence-corrected chi connectivity index (χ2v) is 4.54. The van der Waals surface area contributed by atoms with Crippen LogP contribution in [0.15, 0.2) is 5.38 Å². The molecule has 3 amide bonds. The van der Waals surface area contributed by atoms with Gasteiger partial charge in [-0.25, -0.2) is 14.6 Å². The first kappa shape index (κ1) is 15.1. The van der Waals surface area contributed by atoms with Crippen LogP contribution in [0, 0.1) is 6.92 Å². The van der Waals surface area contributed by atoms with Crippen molar-refractivity contribution in [2.75, 3.05) is 13.2 Å². The Morgan fingerprint density at radius 3 is 2.74 bits per heavy atom. The van der Waals surface area contributed by atoms with Crippen molar-refractivity contribution in [3.63, 3.8) is 0 Å². The lowest BCUT2D eigenvalue weighted by Gasteiger charge is -2.05. The van der Waals surface area contributed by atoms with Gasteiger partial charge in [0.05, 0.1) is 17.2 Å². The number of amides is 3. The maximum atomic E-state index is 11.3. The summed E-state index contributed by atoms with van der Waals surface area (Å²) in [7, 11) is 0. The highest BCUT2D eigenvalue weighted by molar-refractivity contribution is 7.09. The number of hydrogen-bond acceptors (Lipinski definition) is 6. The van der Waals surface area contributed by atoms with E-state index in [2.05, 4.69) is 15.0 Å². The van der Waals surface area contributed by atoms with Crippen LogP contribution in [0.3, 0.4) is 0 Å². The van der Waals surface area contributed by atoms with Crippen LogP contribution in [0.2, 0.25) is 0 Å². The molecule has 1 aromatic heterocycles. The zero-order valence-electron chi connectivity index (χ0n) is 10.1. The normalized spacial score (nSPS) is 9.95. The third kappa shape index (κ3) is 6.48. The molecule has 0 atom stereocenters. The molecule has 104 valence electrons. The number of aromatic nitrogens is 1. The minimum Gasteiger partial charge on any atom is -0.480 e. The lowest BCUT2D eigenvalue weighted by atomic mass is 10.5. The van der Waals surface area contributed by atoms with E-state index in [1.807, 2.05) is 12.2 Å². The molecule has 0 aliphatic rings. The maximum Gasteiger partial charge on any atom is 0.329 e. The van der Waals surface area contributed by atoms with E-state index in [1.165, 1.54) is 11.3 Å². The number of rotatable bonds is 6. The van der Waals surface area contributed by atoms with Gasteiger partial charge in [-0.05, 0) is 6.92 Å². The van der Waals surface area contributed by atoms with Crippen LogP contribution in [-0.4, -0.2) is 41.2 Å². The van der Waals surface area contributed by atoms with Gasteiger partial charge in [0.1, 0.15) is 13.2 Å². The Labute approximate surface area is 112 Å². The number of carboxylic acid groups (broad SMARTS) is 1. The molecule has 3 N–H and O–H groups in total. The van der Waals surface area contributed by atoms with E-state index in [0.29, 0.717) is 5.69 Å². The molecular weight excluding hydrogens is 274 g/mol. The van der Waals surface area contributed by atoms with E-state index in [9.17, 15) is 14.4 Å². The Morgan fingerprint density at radius 1 is 1.42 bits per heavy atom. The van der Waals surface area contributed by atoms with Crippen LogP contribution in [0.4, 0.5) is 4.79 Å². The fourth-order valence-electron chi connectivity index (χ4n) is 1.10.